The van der Waals surface area contributed by atoms with E-state index in [2.05, 4.69) is 10.2 Å². The lowest BCUT2D eigenvalue weighted by molar-refractivity contribution is 0.454. The Morgan fingerprint density at radius 1 is 1.40 bits per heavy atom. The van der Waals surface area contributed by atoms with E-state index >= 15 is 0 Å². The van der Waals surface area contributed by atoms with Crippen molar-refractivity contribution >= 4 is 19.7 Å². The summed E-state index contributed by atoms with van der Waals surface area (Å²) in [6.45, 7) is 1.62. The van der Waals surface area contributed by atoms with Crippen LogP contribution in [0.3, 0.4) is 0 Å². The van der Waals surface area contributed by atoms with Crippen LogP contribution in [-0.4, -0.2) is 18.6 Å². The van der Waals surface area contributed by atoms with Crippen LogP contribution in [0.25, 0.3) is 11.5 Å². The fraction of sp³-hybridized carbons (Fsp3) is 0.143. The van der Waals surface area contributed by atoms with Crippen molar-refractivity contribution in [2.45, 2.75) is 12.0 Å². The monoisotopic (exact) mass is 248 g/mol. The predicted octanol–water partition coefficient (Wildman–Crippen LogP) is 1.57. The average molecular weight is 249 g/mol. The van der Waals surface area contributed by atoms with E-state index in [4.69, 9.17) is 19.5 Å². The molecule has 0 amide bonds. The Morgan fingerprint density at radius 2 is 2.13 bits per heavy atom. The summed E-state index contributed by atoms with van der Waals surface area (Å²) in [5.74, 6) is 0.560. The van der Waals surface area contributed by atoms with Crippen molar-refractivity contribution in [3.8, 4) is 11.5 Å². The van der Waals surface area contributed by atoms with Crippen molar-refractivity contribution in [1.82, 2.24) is 10.2 Å². The van der Waals surface area contributed by atoms with Gasteiger partial charge < -0.3 is 8.83 Å². The molecule has 6 nitrogen and oxygen atoms in total. The minimum atomic E-state index is -3.87. The molecule has 2 aromatic rings. The molecule has 15 heavy (non-hydrogen) atoms. The standard InChI is InChI=1S/C7H5ClN2O4S/c1-4-9-10-7(14-4)5-2-6(13-3-5)15(8,11)12/h2-3H,1H3. The quantitative estimate of drug-likeness (QED) is 0.750. The SMILES string of the molecule is Cc1nnc(-c2coc(S(=O)(=O)Cl)c2)o1. The zero-order chi connectivity index (χ0) is 11.1. The topological polar surface area (TPSA) is 86.2 Å². The minimum Gasteiger partial charge on any atom is -0.451 e. The van der Waals surface area contributed by atoms with Crippen molar-refractivity contribution in [2.75, 3.05) is 0 Å². The summed E-state index contributed by atoms with van der Waals surface area (Å²) < 4.78 is 31.6. The number of hydrogen-bond acceptors (Lipinski definition) is 6. The maximum atomic E-state index is 10.9. The van der Waals surface area contributed by atoms with Gasteiger partial charge in [0.05, 0.1) is 5.56 Å². The van der Waals surface area contributed by atoms with Gasteiger partial charge in [0.2, 0.25) is 11.0 Å². The highest BCUT2D eigenvalue weighted by Gasteiger charge is 2.18. The van der Waals surface area contributed by atoms with Crippen LogP contribution in [0.1, 0.15) is 5.89 Å². The molecule has 0 fully saturated rings. The number of nitrogens with zero attached hydrogens (tertiary/aromatic N) is 2. The molecule has 8 heteroatoms. The Hall–Kier alpha value is -1.34. The molecule has 2 heterocycles. The highest BCUT2D eigenvalue weighted by atomic mass is 35.7. The van der Waals surface area contributed by atoms with E-state index in [0.717, 1.165) is 0 Å². The van der Waals surface area contributed by atoms with Crippen LogP contribution in [0.2, 0.25) is 0 Å². The first-order chi connectivity index (χ1) is 6.97. The van der Waals surface area contributed by atoms with E-state index in [-0.39, 0.29) is 11.0 Å². The largest absolute Gasteiger partial charge is 0.451 e. The Morgan fingerprint density at radius 3 is 2.60 bits per heavy atom. The van der Waals surface area contributed by atoms with Gasteiger partial charge in [-0.15, -0.1) is 10.2 Å². The van der Waals surface area contributed by atoms with Gasteiger partial charge in [0.15, 0.2) is 0 Å². The second-order valence-electron chi connectivity index (χ2n) is 2.72. The predicted molar refractivity (Wildman–Crippen MR) is 49.8 cm³/mol. The molecule has 0 spiro atoms. The molecule has 0 N–H and O–H groups in total. The molecule has 0 aliphatic carbocycles. The summed E-state index contributed by atoms with van der Waals surface area (Å²) in [6, 6.07) is 1.22. The first kappa shape index (κ1) is 10.2. The van der Waals surface area contributed by atoms with Crippen LogP contribution in [-0.2, 0) is 9.05 Å². The number of aryl methyl sites for hydroxylation is 1. The zero-order valence-electron chi connectivity index (χ0n) is 7.47. The maximum absolute atomic E-state index is 10.9. The lowest BCUT2D eigenvalue weighted by Crippen LogP contribution is -1.85. The Kier molecular flexibility index (Phi) is 2.28. The van der Waals surface area contributed by atoms with Gasteiger partial charge in [0.25, 0.3) is 14.9 Å². The van der Waals surface area contributed by atoms with Crippen LogP contribution in [0.4, 0.5) is 0 Å². The molecule has 0 aromatic carbocycles. The molecule has 0 unspecified atom stereocenters. The normalized spacial score (nSPS) is 11.9. The molecule has 80 valence electrons. The molecule has 0 bridgehead atoms. The summed E-state index contributed by atoms with van der Waals surface area (Å²) in [5.41, 5.74) is 0.370. The summed E-state index contributed by atoms with van der Waals surface area (Å²) in [6.07, 6.45) is 1.18. The van der Waals surface area contributed by atoms with Crippen LogP contribution in [0.15, 0.2) is 26.3 Å². The van der Waals surface area contributed by atoms with Crippen molar-refractivity contribution < 1.29 is 17.3 Å². The lowest BCUT2D eigenvalue weighted by Gasteiger charge is -1.84. The van der Waals surface area contributed by atoms with Crippen molar-refractivity contribution in [2.24, 2.45) is 0 Å². The first-order valence-corrected chi connectivity index (χ1v) is 6.11. The van der Waals surface area contributed by atoms with E-state index in [1.54, 1.807) is 6.92 Å². The molecular formula is C7H5ClN2O4S. The maximum Gasteiger partial charge on any atom is 0.294 e. The number of aromatic nitrogens is 2. The molecule has 0 saturated carbocycles. The van der Waals surface area contributed by atoms with Gasteiger partial charge in [-0.3, -0.25) is 0 Å². The minimum absolute atomic E-state index is 0.183. The van der Waals surface area contributed by atoms with Crippen LogP contribution >= 0.6 is 10.7 Å². The van der Waals surface area contributed by atoms with Crippen LogP contribution in [0.5, 0.6) is 0 Å². The summed E-state index contributed by atoms with van der Waals surface area (Å²) >= 11 is 0. The summed E-state index contributed by atoms with van der Waals surface area (Å²) in [4.78, 5) is 0. The van der Waals surface area contributed by atoms with Gasteiger partial charge in [-0.25, -0.2) is 8.42 Å². The third-order valence-electron chi connectivity index (χ3n) is 1.59. The molecule has 0 aliphatic rings. The van der Waals surface area contributed by atoms with Crippen LogP contribution in [0, 0.1) is 6.92 Å². The Labute approximate surface area is 89.3 Å². The molecular weight excluding hydrogens is 244 g/mol. The van der Waals surface area contributed by atoms with Crippen molar-refractivity contribution in [3.63, 3.8) is 0 Å². The second kappa shape index (κ2) is 3.35. The number of hydrogen-bond donors (Lipinski definition) is 0. The molecule has 2 aromatic heterocycles. The second-order valence-corrected chi connectivity index (χ2v) is 5.22. The lowest BCUT2D eigenvalue weighted by atomic mass is 10.3. The van der Waals surface area contributed by atoms with Gasteiger partial charge in [0.1, 0.15) is 6.26 Å². The molecule has 0 radical (unpaired) electrons. The van der Waals surface area contributed by atoms with Crippen molar-refractivity contribution in [1.29, 1.82) is 0 Å². The summed E-state index contributed by atoms with van der Waals surface area (Å²) in [5, 5.41) is 6.94. The van der Waals surface area contributed by atoms with Crippen LogP contribution < -0.4 is 0 Å². The van der Waals surface area contributed by atoms with E-state index in [9.17, 15) is 8.42 Å². The highest BCUT2D eigenvalue weighted by Crippen LogP contribution is 2.25. The fourth-order valence-electron chi connectivity index (χ4n) is 0.970. The number of halogens is 1. The third-order valence-corrected chi connectivity index (χ3v) is 2.74. The first-order valence-electron chi connectivity index (χ1n) is 3.80. The molecule has 2 rings (SSSR count). The molecule has 0 saturated heterocycles. The van der Waals surface area contributed by atoms with E-state index < -0.39 is 9.05 Å². The molecule has 0 aliphatic heterocycles. The Bertz CT molecular complexity index is 586. The Balaban J connectivity index is 2.44. The van der Waals surface area contributed by atoms with Gasteiger partial charge in [-0.2, -0.15) is 0 Å². The zero-order valence-corrected chi connectivity index (χ0v) is 9.04. The smallest absolute Gasteiger partial charge is 0.294 e. The van der Waals surface area contributed by atoms with E-state index in [1.807, 2.05) is 0 Å². The fourth-order valence-corrected chi connectivity index (χ4v) is 1.64. The van der Waals surface area contributed by atoms with E-state index in [1.165, 1.54) is 12.3 Å². The van der Waals surface area contributed by atoms with Gasteiger partial charge in [-0.1, -0.05) is 0 Å². The number of furan rings is 1. The number of rotatable bonds is 2. The molecule has 0 atom stereocenters. The van der Waals surface area contributed by atoms with Gasteiger partial charge in [0, 0.05) is 23.7 Å². The third kappa shape index (κ3) is 2.02. The van der Waals surface area contributed by atoms with Gasteiger partial charge >= 0.3 is 0 Å². The summed E-state index contributed by atoms with van der Waals surface area (Å²) in [7, 11) is 1.21. The van der Waals surface area contributed by atoms with Crippen molar-refractivity contribution in [3.05, 3.63) is 18.2 Å². The highest BCUT2D eigenvalue weighted by molar-refractivity contribution is 8.13. The van der Waals surface area contributed by atoms with Gasteiger partial charge in [-0.05, 0) is 0 Å². The van der Waals surface area contributed by atoms with E-state index in [0.29, 0.717) is 11.5 Å². The average Bonchev–Trinajstić information content (AvgIpc) is 2.69.